The van der Waals surface area contributed by atoms with Crippen LogP contribution in [0.5, 0.6) is 28.7 Å². The van der Waals surface area contributed by atoms with Crippen molar-refractivity contribution >= 4 is 11.8 Å². The summed E-state index contributed by atoms with van der Waals surface area (Å²) in [6.45, 7) is -3.17. The quantitative estimate of drug-likeness (QED) is 0.505. The molecule has 0 aliphatic carbocycles. The first-order valence-corrected chi connectivity index (χ1v) is 9.36. The fraction of sp³-hybridized carbons (Fsp3) is 0.333. The zero-order chi connectivity index (χ0) is 23.7. The molecule has 0 aromatic heterocycles. The highest BCUT2D eigenvalue weighted by Gasteiger charge is 2.18. The minimum atomic E-state index is -2.99. The lowest BCUT2D eigenvalue weighted by atomic mass is 10.1. The molecule has 0 aliphatic rings. The maximum atomic E-state index is 12.6. The molecule has 174 valence electrons. The van der Waals surface area contributed by atoms with Crippen molar-refractivity contribution in [3.63, 3.8) is 0 Å². The van der Waals surface area contributed by atoms with Crippen LogP contribution in [0.4, 0.5) is 8.78 Å². The van der Waals surface area contributed by atoms with Crippen LogP contribution in [-0.2, 0) is 11.2 Å². The molecule has 32 heavy (non-hydrogen) atoms. The Morgan fingerprint density at radius 1 is 0.969 bits per heavy atom. The molecule has 2 aromatic rings. The van der Waals surface area contributed by atoms with Crippen LogP contribution in [-0.4, -0.2) is 52.9 Å². The number of primary amides is 1. The van der Waals surface area contributed by atoms with E-state index >= 15 is 0 Å². The lowest BCUT2D eigenvalue weighted by Gasteiger charge is -2.15. The maximum Gasteiger partial charge on any atom is 0.387 e. The third-order valence-electron chi connectivity index (χ3n) is 4.22. The number of ether oxygens (including phenoxy) is 5. The first kappa shape index (κ1) is 24.5. The number of hydrogen-bond donors (Lipinski definition) is 2. The van der Waals surface area contributed by atoms with Gasteiger partial charge in [-0.25, -0.2) is 0 Å². The SMILES string of the molecule is COc1ccc(CCNC(=O)c2cc(OC)c(OCC(N)=O)c(OC)c2)cc1OC(F)F. The summed E-state index contributed by atoms with van der Waals surface area (Å²) >= 11 is 0. The van der Waals surface area contributed by atoms with Gasteiger partial charge >= 0.3 is 6.61 Å². The average molecular weight is 454 g/mol. The lowest BCUT2D eigenvalue weighted by molar-refractivity contribution is -0.120. The van der Waals surface area contributed by atoms with Crippen molar-refractivity contribution in [2.45, 2.75) is 13.0 Å². The third-order valence-corrected chi connectivity index (χ3v) is 4.22. The largest absolute Gasteiger partial charge is 0.493 e. The molecule has 0 aliphatic heterocycles. The number of nitrogens with one attached hydrogen (secondary N) is 1. The highest BCUT2D eigenvalue weighted by molar-refractivity contribution is 5.95. The topological polar surface area (TPSA) is 118 Å². The average Bonchev–Trinajstić information content (AvgIpc) is 2.76. The second-order valence-corrected chi connectivity index (χ2v) is 6.33. The van der Waals surface area contributed by atoms with E-state index in [9.17, 15) is 18.4 Å². The number of benzene rings is 2. The maximum absolute atomic E-state index is 12.6. The molecule has 0 fully saturated rings. The van der Waals surface area contributed by atoms with Crippen molar-refractivity contribution in [3.8, 4) is 28.7 Å². The fourth-order valence-corrected chi connectivity index (χ4v) is 2.78. The molecule has 0 heterocycles. The summed E-state index contributed by atoms with van der Waals surface area (Å²) in [6, 6.07) is 7.47. The van der Waals surface area contributed by atoms with Crippen LogP contribution in [0, 0.1) is 0 Å². The number of amides is 2. The van der Waals surface area contributed by atoms with Crippen molar-refractivity contribution in [2.24, 2.45) is 5.73 Å². The molecule has 0 saturated carbocycles. The van der Waals surface area contributed by atoms with Crippen molar-refractivity contribution < 1.29 is 42.1 Å². The van der Waals surface area contributed by atoms with Gasteiger partial charge in [-0.3, -0.25) is 9.59 Å². The summed E-state index contributed by atoms with van der Waals surface area (Å²) in [6.07, 6.45) is 0.351. The van der Waals surface area contributed by atoms with Gasteiger partial charge in [0.1, 0.15) is 0 Å². The van der Waals surface area contributed by atoms with Gasteiger partial charge < -0.3 is 34.7 Å². The summed E-state index contributed by atoms with van der Waals surface area (Å²) in [5.74, 6) is -0.532. The number of carbonyl (C=O) groups is 2. The van der Waals surface area contributed by atoms with E-state index in [-0.39, 0.29) is 40.9 Å². The smallest absolute Gasteiger partial charge is 0.387 e. The van der Waals surface area contributed by atoms with Crippen LogP contribution < -0.4 is 34.7 Å². The van der Waals surface area contributed by atoms with E-state index in [0.717, 1.165) is 0 Å². The van der Waals surface area contributed by atoms with Gasteiger partial charge in [0.05, 0.1) is 21.3 Å². The molecule has 0 spiro atoms. The van der Waals surface area contributed by atoms with Crippen molar-refractivity contribution in [2.75, 3.05) is 34.5 Å². The predicted octanol–water partition coefficient (Wildman–Crippen LogP) is 2.15. The van der Waals surface area contributed by atoms with Crippen molar-refractivity contribution in [1.82, 2.24) is 5.32 Å². The van der Waals surface area contributed by atoms with E-state index in [4.69, 9.17) is 24.7 Å². The summed E-state index contributed by atoms with van der Waals surface area (Å²) in [5.41, 5.74) is 5.97. The molecule has 0 radical (unpaired) electrons. The lowest BCUT2D eigenvalue weighted by Crippen LogP contribution is -2.26. The Labute approximate surface area is 183 Å². The van der Waals surface area contributed by atoms with E-state index in [0.29, 0.717) is 12.0 Å². The van der Waals surface area contributed by atoms with Gasteiger partial charge in [-0.1, -0.05) is 6.07 Å². The summed E-state index contributed by atoms with van der Waals surface area (Å²) < 4.78 is 50.4. The molecule has 0 atom stereocenters. The second-order valence-electron chi connectivity index (χ2n) is 6.33. The Hall–Kier alpha value is -3.76. The molecule has 9 nitrogen and oxygen atoms in total. The van der Waals surface area contributed by atoms with E-state index in [1.807, 2.05) is 0 Å². The number of nitrogens with two attached hydrogens (primary N) is 1. The number of halogens is 2. The fourth-order valence-electron chi connectivity index (χ4n) is 2.78. The van der Waals surface area contributed by atoms with E-state index in [2.05, 4.69) is 10.1 Å². The molecule has 11 heteroatoms. The van der Waals surface area contributed by atoms with Crippen LogP contribution in [0.25, 0.3) is 0 Å². The molecule has 3 N–H and O–H groups in total. The Kier molecular flexibility index (Phi) is 8.87. The zero-order valence-corrected chi connectivity index (χ0v) is 17.8. The van der Waals surface area contributed by atoms with Crippen LogP contribution in [0.2, 0.25) is 0 Å². The molecule has 2 rings (SSSR count). The van der Waals surface area contributed by atoms with Crippen molar-refractivity contribution in [1.29, 1.82) is 0 Å². The van der Waals surface area contributed by atoms with Gasteiger partial charge in [-0.15, -0.1) is 0 Å². The Morgan fingerprint density at radius 2 is 1.59 bits per heavy atom. The summed E-state index contributed by atoms with van der Waals surface area (Å²) in [7, 11) is 4.09. The summed E-state index contributed by atoms with van der Waals surface area (Å²) in [5, 5.41) is 2.72. The molecular formula is C21H24F2N2O7. The minimum absolute atomic E-state index is 0.0904. The van der Waals surface area contributed by atoms with Gasteiger partial charge in [0.15, 0.2) is 29.6 Å². The van der Waals surface area contributed by atoms with Gasteiger partial charge in [0.2, 0.25) is 5.75 Å². The summed E-state index contributed by atoms with van der Waals surface area (Å²) in [4.78, 5) is 23.6. The molecule has 0 saturated heterocycles. The highest BCUT2D eigenvalue weighted by atomic mass is 19.3. The van der Waals surface area contributed by atoms with Gasteiger partial charge in [0.25, 0.3) is 11.8 Å². The van der Waals surface area contributed by atoms with Gasteiger partial charge in [-0.2, -0.15) is 8.78 Å². The molecule has 0 unspecified atom stereocenters. The van der Waals surface area contributed by atoms with Gasteiger partial charge in [0, 0.05) is 12.1 Å². The third kappa shape index (κ3) is 6.62. The first-order valence-electron chi connectivity index (χ1n) is 9.36. The number of alkyl halides is 2. The molecule has 2 aromatic carbocycles. The van der Waals surface area contributed by atoms with Crippen LogP contribution in [0.1, 0.15) is 15.9 Å². The van der Waals surface area contributed by atoms with Crippen LogP contribution in [0.15, 0.2) is 30.3 Å². The van der Waals surface area contributed by atoms with Crippen LogP contribution in [0.3, 0.4) is 0 Å². The molecule has 2 amide bonds. The second kappa shape index (κ2) is 11.6. The minimum Gasteiger partial charge on any atom is -0.493 e. The van der Waals surface area contributed by atoms with E-state index < -0.39 is 25.0 Å². The van der Waals surface area contributed by atoms with Crippen molar-refractivity contribution in [3.05, 3.63) is 41.5 Å². The Balaban J connectivity index is 2.09. The standard InChI is InChI=1S/C21H24F2N2O7/c1-28-14-5-4-12(8-15(14)32-21(22)23)6-7-25-20(27)13-9-16(29-2)19(17(10-13)30-3)31-11-18(24)26/h4-5,8-10,21H,6-7,11H2,1-3H3,(H2,24,26)(H,25,27). The highest BCUT2D eigenvalue weighted by Crippen LogP contribution is 2.38. The zero-order valence-electron chi connectivity index (χ0n) is 17.8. The number of carbonyl (C=O) groups excluding carboxylic acids is 2. The molecular weight excluding hydrogens is 430 g/mol. The number of rotatable bonds is 12. The number of hydrogen-bond acceptors (Lipinski definition) is 7. The van der Waals surface area contributed by atoms with E-state index in [1.54, 1.807) is 6.07 Å². The van der Waals surface area contributed by atoms with E-state index in [1.165, 1.54) is 45.6 Å². The number of methoxy groups -OCH3 is 3. The monoisotopic (exact) mass is 454 g/mol. The molecule has 0 bridgehead atoms. The Morgan fingerprint density at radius 3 is 2.12 bits per heavy atom. The van der Waals surface area contributed by atoms with Crippen LogP contribution >= 0.6 is 0 Å². The predicted molar refractivity (Wildman–Crippen MR) is 110 cm³/mol. The first-order chi connectivity index (χ1) is 15.3. The normalized spacial score (nSPS) is 10.4. The van der Waals surface area contributed by atoms with Gasteiger partial charge in [-0.05, 0) is 36.2 Å². The Bertz CT molecular complexity index is 929.